The van der Waals surface area contributed by atoms with E-state index in [4.69, 9.17) is 0 Å². The molecular formula is C14H29NOSi2. The van der Waals surface area contributed by atoms with Gasteiger partial charge >= 0.3 is 0 Å². The van der Waals surface area contributed by atoms with Crippen molar-refractivity contribution in [2.75, 3.05) is 13.1 Å². The van der Waals surface area contributed by atoms with E-state index in [1.54, 1.807) is 0 Å². The molecule has 0 saturated carbocycles. The lowest BCUT2D eigenvalue weighted by Gasteiger charge is -2.24. The van der Waals surface area contributed by atoms with Gasteiger partial charge in [0, 0.05) is 26.7 Å². The first-order chi connectivity index (χ1) is 8.08. The number of amides is 1. The van der Waals surface area contributed by atoms with Gasteiger partial charge in [-0.2, -0.15) is 0 Å². The Hall–Kier alpha value is -0.356. The molecule has 1 fully saturated rings. The zero-order valence-corrected chi connectivity index (χ0v) is 15.0. The number of carbonyl (C=O) groups excluding carboxylic acids is 1. The number of hydrogen-bond acceptors (Lipinski definition) is 1. The molecule has 1 saturated heterocycles. The fourth-order valence-electron chi connectivity index (χ4n) is 2.41. The van der Waals surface area contributed by atoms with Crippen LogP contribution in [0.4, 0.5) is 0 Å². The lowest BCUT2D eigenvalue weighted by Crippen LogP contribution is -2.34. The number of carbonyl (C=O) groups is 1. The summed E-state index contributed by atoms with van der Waals surface area (Å²) >= 11 is 0. The van der Waals surface area contributed by atoms with Gasteiger partial charge < -0.3 is 4.90 Å². The van der Waals surface area contributed by atoms with E-state index in [1.165, 1.54) is 12.8 Å². The van der Waals surface area contributed by atoms with Crippen LogP contribution in [0.5, 0.6) is 0 Å². The SMILES string of the molecule is C[Si](C)(C)/C=C(\C[Si](C)(C)C)C(=O)N1CCCC1. The minimum absolute atomic E-state index is 0.331. The van der Waals surface area contributed by atoms with E-state index >= 15 is 0 Å². The lowest BCUT2D eigenvalue weighted by molar-refractivity contribution is -0.126. The Morgan fingerprint density at radius 3 is 1.94 bits per heavy atom. The Kier molecular flexibility index (Phi) is 5.00. The Morgan fingerprint density at radius 2 is 1.56 bits per heavy atom. The molecule has 1 heterocycles. The number of rotatable bonds is 4. The van der Waals surface area contributed by atoms with Crippen LogP contribution in [-0.2, 0) is 4.79 Å². The third-order valence-corrected chi connectivity index (χ3v) is 5.65. The highest BCUT2D eigenvalue weighted by Gasteiger charge is 2.27. The average molecular weight is 284 g/mol. The lowest BCUT2D eigenvalue weighted by atomic mass is 10.3. The third kappa shape index (κ3) is 5.52. The summed E-state index contributed by atoms with van der Waals surface area (Å²) in [6.07, 6.45) is 2.36. The van der Waals surface area contributed by atoms with Gasteiger partial charge in [-0.25, -0.2) is 0 Å². The summed E-state index contributed by atoms with van der Waals surface area (Å²) in [5, 5.41) is 0. The minimum atomic E-state index is -1.32. The minimum Gasteiger partial charge on any atom is -0.339 e. The highest BCUT2D eigenvalue weighted by atomic mass is 28.3. The van der Waals surface area contributed by atoms with Gasteiger partial charge in [-0.05, 0) is 18.9 Å². The molecule has 0 aliphatic carbocycles. The van der Waals surface area contributed by atoms with Crippen molar-refractivity contribution < 1.29 is 4.79 Å². The maximum Gasteiger partial charge on any atom is 0.248 e. The molecule has 0 aromatic carbocycles. The molecule has 0 aromatic rings. The summed E-state index contributed by atoms with van der Waals surface area (Å²) in [5.41, 5.74) is 3.46. The van der Waals surface area contributed by atoms with Crippen molar-refractivity contribution in [1.29, 1.82) is 0 Å². The van der Waals surface area contributed by atoms with Gasteiger partial charge in [0.15, 0.2) is 0 Å². The quantitative estimate of drug-likeness (QED) is 0.568. The summed E-state index contributed by atoms with van der Waals surface area (Å²) in [7, 11) is -2.55. The van der Waals surface area contributed by atoms with E-state index in [-0.39, 0.29) is 0 Å². The van der Waals surface area contributed by atoms with Crippen LogP contribution in [0.3, 0.4) is 0 Å². The summed E-state index contributed by atoms with van der Waals surface area (Å²) in [6, 6.07) is 1.03. The van der Waals surface area contributed by atoms with Crippen molar-refractivity contribution >= 4 is 22.1 Å². The molecular weight excluding hydrogens is 254 g/mol. The zero-order valence-electron chi connectivity index (χ0n) is 13.0. The first-order valence-electron chi connectivity index (χ1n) is 7.09. The van der Waals surface area contributed by atoms with Gasteiger partial charge in [-0.15, -0.1) is 0 Å². The predicted octanol–water partition coefficient (Wildman–Crippen LogP) is 3.75. The van der Waals surface area contributed by atoms with Crippen LogP contribution in [0.15, 0.2) is 11.3 Å². The van der Waals surface area contributed by atoms with E-state index in [2.05, 4.69) is 49.9 Å². The largest absolute Gasteiger partial charge is 0.339 e. The van der Waals surface area contributed by atoms with Crippen LogP contribution in [0, 0.1) is 0 Å². The van der Waals surface area contributed by atoms with Gasteiger partial charge in [0.05, 0.1) is 8.07 Å². The van der Waals surface area contributed by atoms with E-state index in [0.29, 0.717) is 5.91 Å². The van der Waals surface area contributed by atoms with Crippen molar-refractivity contribution in [2.24, 2.45) is 0 Å². The zero-order chi connectivity index (χ0) is 14.0. The van der Waals surface area contributed by atoms with E-state index < -0.39 is 16.1 Å². The number of likely N-dealkylation sites (tertiary alicyclic amines) is 1. The van der Waals surface area contributed by atoms with Crippen LogP contribution in [0.25, 0.3) is 0 Å². The Morgan fingerprint density at radius 1 is 1.06 bits per heavy atom. The molecule has 0 spiro atoms. The van der Waals surface area contributed by atoms with Crippen LogP contribution in [-0.4, -0.2) is 40.0 Å². The summed E-state index contributed by atoms with van der Waals surface area (Å²) < 4.78 is 0. The predicted molar refractivity (Wildman–Crippen MR) is 85.4 cm³/mol. The van der Waals surface area contributed by atoms with E-state index in [9.17, 15) is 4.79 Å². The first kappa shape index (κ1) is 15.7. The first-order valence-corrected chi connectivity index (χ1v) is 14.4. The maximum absolute atomic E-state index is 12.6. The summed E-state index contributed by atoms with van der Waals surface area (Å²) in [5.74, 6) is 0.331. The Labute approximate surface area is 114 Å². The highest BCUT2D eigenvalue weighted by molar-refractivity contribution is 6.82. The molecule has 0 atom stereocenters. The van der Waals surface area contributed by atoms with Crippen molar-refractivity contribution in [3.8, 4) is 0 Å². The maximum atomic E-state index is 12.6. The van der Waals surface area contributed by atoms with E-state index in [0.717, 1.165) is 24.7 Å². The topological polar surface area (TPSA) is 20.3 Å². The van der Waals surface area contributed by atoms with E-state index in [1.807, 2.05) is 0 Å². The molecule has 2 nitrogen and oxygen atoms in total. The van der Waals surface area contributed by atoms with Crippen molar-refractivity contribution in [1.82, 2.24) is 4.90 Å². The normalized spacial score (nSPS) is 18.3. The molecule has 0 bridgehead atoms. The summed E-state index contributed by atoms with van der Waals surface area (Å²) in [4.78, 5) is 14.7. The van der Waals surface area contributed by atoms with Crippen molar-refractivity contribution in [3.63, 3.8) is 0 Å². The monoisotopic (exact) mass is 283 g/mol. The van der Waals surface area contributed by atoms with Gasteiger partial charge in [0.1, 0.15) is 0 Å². The number of nitrogens with zero attached hydrogens (tertiary/aromatic N) is 1. The second-order valence-corrected chi connectivity index (χ2v) is 18.3. The smallest absolute Gasteiger partial charge is 0.248 e. The second-order valence-electron chi connectivity index (χ2n) is 7.77. The molecule has 1 aliphatic heterocycles. The van der Waals surface area contributed by atoms with Gasteiger partial charge in [-0.1, -0.05) is 45.0 Å². The molecule has 0 radical (unpaired) electrons. The number of hydrogen-bond donors (Lipinski definition) is 0. The molecule has 0 N–H and O–H groups in total. The van der Waals surface area contributed by atoms with Crippen LogP contribution < -0.4 is 0 Å². The second kappa shape index (κ2) is 5.74. The molecule has 4 heteroatoms. The standard InChI is InChI=1S/C14H29NOSi2/c1-17(2,3)11-13(12-18(4,5)6)14(16)15-9-7-8-10-15/h11H,7-10,12H2,1-6H3/b13-11+. The average Bonchev–Trinajstić information content (AvgIpc) is 2.63. The Bertz CT molecular complexity index is 331. The third-order valence-electron chi connectivity index (χ3n) is 3.00. The van der Waals surface area contributed by atoms with Crippen LogP contribution in [0.2, 0.25) is 45.3 Å². The van der Waals surface area contributed by atoms with Gasteiger partial charge in [-0.3, -0.25) is 4.79 Å². The molecule has 1 rings (SSSR count). The molecule has 104 valence electrons. The molecule has 0 aromatic heterocycles. The molecule has 1 aliphatic rings. The molecule has 18 heavy (non-hydrogen) atoms. The Balaban J connectivity index is 2.90. The van der Waals surface area contributed by atoms with Crippen molar-refractivity contribution in [2.45, 2.75) is 58.2 Å². The molecule has 0 unspecified atom stereocenters. The van der Waals surface area contributed by atoms with Crippen LogP contribution >= 0.6 is 0 Å². The van der Waals surface area contributed by atoms with Crippen molar-refractivity contribution in [3.05, 3.63) is 11.3 Å². The molecule has 1 amide bonds. The fraction of sp³-hybridized carbons (Fsp3) is 0.786. The van der Waals surface area contributed by atoms with Gasteiger partial charge in [0.2, 0.25) is 5.91 Å². The van der Waals surface area contributed by atoms with Gasteiger partial charge in [0.25, 0.3) is 0 Å². The summed E-state index contributed by atoms with van der Waals surface area (Å²) in [6.45, 7) is 15.9. The fourth-order valence-corrected chi connectivity index (χ4v) is 5.28. The highest BCUT2D eigenvalue weighted by Crippen LogP contribution is 2.22. The van der Waals surface area contributed by atoms with Crippen LogP contribution in [0.1, 0.15) is 12.8 Å².